The summed E-state index contributed by atoms with van der Waals surface area (Å²) in [6.07, 6.45) is 4.13. The van der Waals surface area contributed by atoms with E-state index < -0.39 is 0 Å². The summed E-state index contributed by atoms with van der Waals surface area (Å²) in [4.78, 5) is 0. The Morgan fingerprint density at radius 1 is 1.73 bits per heavy atom. The SMILES string of the molecule is CC1=CC(=NNC(N)=S)CC1. The summed E-state index contributed by atoms with van der Waals surface area (Å²) in [5.74, 6) is 0. The highest BCUT2D eigenvalue weighted by Crippen LogP contribution is 2.13. The molecule has 1 rings (SSSR count). The topological polar surface area (TPSA) is 50.4 Å². The molecule has 0 aromatic carbocycles. The third-order valence-corrected chi connectivity index (χ3v) is 1.59. The van der Waals surface area contributed by atoms with E-state index in [1.807, 2.05) is 6.08 Å². The third-order valence-electron chi connectivity index (χ3n) is 1.50. The lowest BCUT2D eigenvalue weighted by atomic mass is 10.3. The van der Waals surface area contributed by atoms with Crippen LogP contribution in [0.15, 0.2) is 16.8 Å². The van der Waals surface area contributed by atoms with Gasteiger partial charge < -0.3 is 5.73 Å². The van der Waals surface area contributed by atoms with Gasteiger partial charge in [-0.2, -0.15) is 5.10 Å². The molecular formula is C7H11N3S. The van der Waals surface area contributed by atoms with Gasteiger partial charge in [0.25, 0.3) is 0 Å². The van der Waals surface area contributed by atoms with Gasteiger partial charge in [0, 0.05) is 0 Å². The molecule has 0 amide bonds. The summed E-state index contributed by atoms with van der Waals surface area (Å²) in [5, 5.41) is 4.22. The van der Waals surface area contributed by atoms with Crippen LogP contribution in [-0.2, 0) is 0 Å². The lowest BCUT2D eigenvalue weighted by Gasteiger charge is -1.95. The maximum absolute atomic E-state index is 5.20. The minimum Gasteiger partial charge on any atom is -0.375 e. The first kappa shape index (κ1) is 8.20. The van der Waals surface area contributed by atoms with E-state index in [0.717, 1.165) is 18.6 Å². The Morgan fingerprint density at radius 3 is 2.91 bits per heavy atom. The van der Waals surface area contributed by atoms with E-state index in [2.05, 4.69) is 29.7 Å². The smallest absolute Gasteiger partial charge is 0.184 e. The molecule has 0 unspecified atom stereocenters. The van der Waals surface area contributed by atoms with Crippen LogP contribution in [0.4, 0.5) is 0 Å². The number of nitrogens with one attached hydrogen (secondary N) is 1. The summed E-state index contributed by atoms with van der Waals surface area (Å²) in [7, 11) is 0. The zero-order valence-electron chi connectivity index (χ0n) is 6.42. The van der Waals surface area contributed by atoms with Crippen LogP contribution < -0.4 is 11.2 Å². The number of rotatable bonds is 1. The molecule has 0 radical (unpaired) electrons. The fraction of sp³-hybridized carbons (Fsp3) is 0.429. The molecule has 0 aromatic rings. The van der Waals surface area contributed by atoms with Crippen LogP contribution in [0.2, 0.25) is 0 Å². The lowest BCUT2D eigenvalue weighted by Crippen LogP contribution is -2.24. The molecule has 60 valence electrons. The molecule has 0 fully saturated rings. The zero-order valence-corrected chi connectivity index (χ0v) is 7.24. The van der Waals surface area contributed by atoms with E-state index >= 15 is 0 Å². The highest BCUT2D eigenvalue weighted by atomic mass is 32.1. The molecule has 0 aliphatic heterocycles. The van der Waals surface area contributed by atoms with Crippen LogP contribution in [0, 0.1) is 0 Å². The number of thiocarbonyl (C=S) groups is 1. The highest BCUT2D eigenvalue weighted by molar-refractivity contribution is 7.80. The molecule has 0 spiro atoms. The largest absolute Gasteiger partial charge is 0.375 e. The van der Waals surface area contributed by atoms with Crippen molar-refractivity contribution in [2.24, 2.45) is 10.8 Å². The Kier molecular flexibility index (Phi) is 2.59. The standard InChI is InChI=1S/C7H11N3S/c1-5-2-3-6(4-5)9-10-7(8)11/h4H,2-3H2,1H3,(H3,8,10,11). The van der Waals surface area contributed by atoms with Gasteiger partial charge in [-0.05, 0) is 38.1 Å². The fourth-order valence-corrected chi connectivity index (χ4v) is 1.01. The van der Waals surface area contributed by atoms with Crippen LogP contribution >= 0.6 is 12.2 Å². The van der Waals surface area contributed by atoms with Crippen molar-refractivity contribution in [2.45, 2.75) is 19.8 Å². The van der Waals surface area contributed by atoms with Gasteiger partial charge in [0.05, 0.1) is 5.71 Å². The van der Waals surface area contributed by atoms with Crippen molar-refractivity contribution < 1.29 is 0 Å². The van der Waals surface area contributed by atoms with Crippen molar-refractivity contribution in [1.82, 2.24) is 5.43 Å². The number of nitrogens with zero attached hydrogens (tertiary/aromatic N) is 1. The Bertz CT molecular complexity index is 230. The molecule has 0 saturated heterocycles. The number of hydrazone groups is 1. The minimum atomic E-state index is 0.218. The van der Waals surface area contributed by atoms with Crippen molar-refractivity contribution in [3.05, 3.63) is 11.6 Å². The van der Waals surface area contributed by atoms with E-state index in [1.165, 1.54) is 5.57 Å². The number of hydrogen-bond donors (Lipinski definition) is 2. The Morgan fingerprint density at radius 2 is 2.45 bits per heavy atom. The van der Waals surface area contributed by atoms with Crippen molar-refractivity contribution in [1.29, 1.82) is 0 Å². The van der Waals surface area contributed by atoms with Gasteiger partial charge >= 0.3 is 0 Å². The summed E-state index contributed by atoms with van der Waals surface area (Å²) in [6, 6.07) is 0. The summed E-state index contributed by atoms with van der Waals surface area (Å²) < 4.78 is 0. The van der Waals surface area contributed by atoms with Gasteiger partial charge in [-0.1, -0.05) is 5.57 Å². The van der Waals surface area contributed by atoms with E-state index in [1.54, 1.807) is 0 Å². The average Bonchev–Trinajstić information content (AvgIpc) is 2.31. The normalized spacial score (nSPS) is 20.1. The maximum atomic E-state index is 5.20. The van der Waals surface area contributed by atoms with Gasteiger partial charge in [0.2, 0.25) is 0 Å². The second kappa shape index (κ2) is 3.48. The predicted molar refractivity (Wildman–Crippen MR) is 50.3 cm³/mol. The molecule has 4 heteroatoms. The number of nitrogens with two attached hydrogens (primary N) is 1. The molecule has 3 nitrogen and oxygen atoms in total. The van der Waals surface area contributed by atoms with Crippen LogP contribution in [0.5, 0.6) is 0 Å². The van der Waals surface area contributed by atoms with E-state index in [-0.39, 0.29) is 5.11 Å². The highest BCUT2D eigenvalue weighted by Gasteiger charge is 2.05. The molecule has 1 aliphatic carbocycles. The minimum absolute atomic E-state index is 0.218. The molecular weight excluding hydrogens is 158 g/mol. The van der Waals surface area contributed by atoms with Gasteiger partial charge in [-0.15, -0.1) is 0 Å². The molecule has 0 aromatic heterocycles. The first-order valence-corrected chi connectivity index (χ1v) is 3.88. The van der Waals surface area contributed by atoms with Crippen LogP contribution in [0.3, 0.4) is 0 Å². The van der Waals surface area contributed by atoms with Crippen molar-refractivity contribution in [2.75, 3.05) is 0 Å². The van der Waals surface area contributed by atoms with Gasteiger partial charge in [-0.25, -0.2) is 0 Å². The predicted octanol–water partition coefficient (Wildman–Crippen LogP) is 0.916. The molecule has 11 heavy (non-hydrogen) atoms. The summed E-state index contributed by atoms with van der Waals surface area (Å²) in [5.41, 5.74) is 10.1. The van der Waals surface area contributed by atoms with Crippen LogP contribution in [-0.4, -0.2) is 10.8 Å². The van der Waals surface area contributed by atoms with Crippen molar-refractivity contribution in [3.8, 4) is 0 Å². The maximum Gasteiger partial charge on any atom is 0.184 e. The van der Waals surface area contributed by atoms with E-state index in [9.17, 15) is 0 Å². The Labute approximate surface area is 71.3 Å². The number of allylic oxidation sites excluding steroid dienone is 2. The zero-order chi connectivity index (χ0) is 8.27. The molecule has 0 atom stereocenters. The second-order valence-electron chi connectivity index (χ2n) is 2.57. The molecule has 1 aliphatic rings. The third kappa shape index (κ3) is 2.67. The van der Waals surface area contributed by atoms with Crippen molar-refractivity contribution >= 4 is 23.0 Å². The van der Waals surface area contributed by atoms with Crippen LogP contribution in [0.1, 0.15) is 19.8 Å². The molecule has 0 saturated carbocycles. The summed E-state index contributed by atoms with van der Waals surface area (Å²) in [6.45, 7) is 2.09. The Balaban J connectivity index is 2.49. The molecule has 0 heterocycles. The first-order chi connectivity index (χ1) is 5.18. The van der Waals surface area contributed by atoms with Gasteiger partial charge in [0.15, 0.2) is 5.11 Å². The lowest BCUT2D eigenvalue weighted by molar-refractivity contribution is 0.997. The Hall–Kier alpha value is -0.900. The van der Waals surface area contributed by atoms with E-state index in [0.29, 0.717) is 0 Å². The summed E-state index contributed by atoms with van der Waals surface area (Å²) >= 11 is 4.60. The second-order valence-corrected chi connectivity index (χ2v) is 3.01. The first-order valence-electron chi connectivity index (χ1n) is 3.47. The van der Waals surface area contributed by atoms with E-state index in [4.69, 9.17) is 5.73 Å². The molecule has 0 bridgehead atoms. The van der Waals surface area contributed by atoms with Gasteiger partial charge in [-0.3, -0.25) is 5.43 Å². The van der Waals surface area contributed by atoms with Gasteiger partial charge in [0.1, 0.15) is 0 Å². The quantitative estimate of drug-likeness (QED) is 0.453. The van der Waals surface area contributed by atoms with Crippen LogP contribution in [0.25, 0.3) is 0 Å². The average molecular weight is 169 g/mol. The fourth-order valence-electron chi connectivity index (χ4n) is 0.969. The molecule has 3 N–H and O–H groups in total. The monoisotopic (exact) mass is 169 g/mol. The number of hydrogen-bond acceptors (Lipinski definition) is 2. The van der Waals surface area contributed by atoms with Crippen molar-refractivity contribution in [3.63, 3.8) is 0 Å².